The standard InChI is InChI=1S/C15H21N3O2/c1-10-8-17-14(18-9-10)5-6-16-15(20)12-3-4-13(19)11(2)7-12/h8-9,11-12H,3-7H2,1-2H3,(H,16,20). The topological polar surface area (TPSA) is 72.0 Å². The molecule has 5 nitrogen and oxygen atoms in total. The summed E-state index contributed by atoms with van der Waals surface area (Å²) in [6.45, 7) is 4.39. The molecule has 0 spiro atoms. The van der Waals surface area contributed by atoms with Crippen molar-refractivity contribution in [3.05, 3.63) is 23.8 Å². The average Bonchev–Trinajstić information content (AvgIpc) is 2.44. The molecule has 5 heteroatoms. The third-order valence-corrected chi connectivity index (χ3v) is 3.78. The summed E-state index contributed by atoms with van der Waals surface area (Å²) in [5, 5.41) is 2.92. The maximum Gasteiger partial charge on any atom is 0.223 e. The molecular formula is C15H21N3O2. The largest absolute Gasteiger partial charge is 0.355 e. The first-order chi connectivity index (χ1) is 9.56. The molecule has 1 aliphatic carbocycles. The Morgan fingerprint density at radius 1 is 1.40 bits per heavy atom. The van der Waals surface area contributed by atoms with Crippen molar-refractivity contribution in [3.8, 4) is 0 Å². The zero-order valence-electron chi connectivity index (χ0n) is 12.1. The van der Waals surface area contributed by atoms with Crippen LogP contribution in [0.25, 0.3) is 0 Å². The van der Waals surface area contributed by atoms with Gasteiger partial charge in [0.25, 0.3) is 0 Å². The Bertz CT molecular complexity index is 484. The van der Waals surface area contributed by atoms with E-state index in [2.05, 4.69) is 15.3 Å². The fraction of sp³-hybridized carbons (Fsp3) is 0.600. The number of aromatic nitrogens is 2. The third kappa shape index (κ3) is 3.85. The summed E-state index contributed by atoms with van der Waals surface area (Å²) in [6.07, 6.45) is 6.06. The number of Topliss-reactive ketones (excluding diaryl/α,β-unsaturated/α-hetero) is 1. The van der Waals surface area contributed by atoms with Crippen molar-refractivity contribution in [3.63, 3.8) is 0 Å². The van der Waals surface area contributed by atoms with Crippen LogP contribution in [0.1, 0.15) is 37.6 Å². The minimum Gasteiger partial charge on any atom is -0.355 e. The number of aryl methyl sites for hydroxylation is 1. The highest BCUT2D eigenvalue weighted by molar-refractivity contribution is 5.85. The first-order valence-corrected chi connectivity index (χ1v) is 7.14. The van der Waals surface area contributed by atoms with Crippen LogP contribution in [0.2, 0.25) is 0 Å². The Balaban J connectivity index is 1.75. The molecule has 1 heterocycles. The number of ketones is 1. The van der Waals surface area contributed by atoms with Crippen LogP contribution in [0.15, 0.2) is 12.4 Å². The van der Waals surface area contributed by atoms with Crippen LogP contribution < -0.4 is 5.32 Å². The number of nitrogens with one attached hydrogen (secondary N) is 1. The molecule has 0 saturated heterocycles. The van der Waals surface area contributed by atoms with Crippen LogP contribution in [-0.4, -0.2) is 28.2 Å². The van der Waals surface area contributed by atoms with E-state index in [1.807, 2.05) is 13.8 Å². The summed E-state index contributed by atoms with van der Waals surface area (Å²) < 4.78 is 0. The smallest absolute Gasteiger partial charge is 0.223 e. The van der Waals surface area contributed by atoms with Gasteiger partial charge in [0.1, 0.15) is 11.6 Å². The van der Waals surface area contributed by atoms with E-state index < -0.39 is 0 Å². The highest BCUT2D eigenvalue weighted by atomic mass is 16.2. The summed E-state index contributed by atoms with van der Waals surface area (Å²) in [4.78, 5) is 31.9. The fourth-order valence-electron chi connectivity index (χ4n) is 2.47. The molecule has 1 aromatic heterocycles. The quantitative estimate of drug-likeness (QED) is 0.902. The van der Waals surface area contributed by atoms with Gasteiger partial charge in [0.05, 0.1) is 0 Å². The Hall–Kier alpha value is -1.78. The molecule has 108 valence electrons. The van der Waals surface area contributed by atoms with Crippen LogP contribution >= 0.6 is 0 Å². The second-order valence-electron chi connectivity index (χ2n) is 5.56. The van der Waals surface area contributed by atoms with Gasteiger partial charge in [0.15, 0.2) is 0 Å². The van der Waals surface area contributed by atoms with Crippen molar-refractivity contribution in [2.24, 2.45) is 11.8 Å². The molecule has 1 amide bonds. The summed E-state index contributed by atoms with van der Waals surface area (Å²) in [5.41, 5.74) is 1.03. The van der Waals surface area contributed by atoms with Gasteiger partial charge >= 0.3 is 0 Å². The molecule has 20 heavy (non-hydrogen) atoms. The van der Waals surface area contributed by atoms with Gasteiger partial charge in [-0.25, -0.2) is 9.97 Å². The van der Waals surface area contributed by atoms with Crippen molar-refractivity contribution in [2.45, 2.75) is 39.5 Å². The zero-order chi connectivity index (χ0) is 14.5. The zero-order valence-corrected chi connectivity index (χ0v) is 12.1. The number of nitrogens with zero attached hydrogens (tertiary/aromatic N) is 2. The third-order valence-electron chi connectivity index (χ3n) is 3.78. The summed E-state index contributed by atoms with van der Waals surface area (Å²) >= 11 is 0. The number of carbonyl (C=O) groups excluding carboxylic acids is 2. The minimum absolute atomic E-state index is 0.0138. The van der Waals surface area contributed by atoms with Crippen molar-refractivity contribution < 1.29 is 9.59 Å². The molecule has 1 saturated carbocycles. The van der Waals surface area contributed by atoms with Gasteiger partial charge in [-0.3, -0.25) is 9.59 Å². The molecule has 1 fully saturated rings. The monoisotopic (exact) mass is 275 g/mol. The summed E-state index contributed by atoms with van der Waals surface area (Å²) in [7, 11) is 0. The van der Waals surface area contributed by atoms with Gasteiger partial charge in [-0.1, -0.05) is 6.92 Å². The number of amides is 1. The van der Waals surface area contributed by atoms with E-state index in [1.54, 1.807) is 12.4 Å². The number of rotatable bonds is 4. The van der Waals surface area contributed by atoms with Crippen LogP contribution in [-0.2, 0) is 16.0 Å². The van der Waals surface area contributed by atoms with E-state index in [4.69, 9.17) is 0 Å². The number of hydrogen-bond donors (Lipinski definition) is 1. The van der Waals surface area contributed by atoms with Crippen molar-refractivity contribution in [1.29, 1.82) is 0 Å². The molecule has 0 aliphatic heterocycles. The molecule has 0 aromatic carbocycles. The maximum atomic E-state index is 12.0. The minimum atomic E-state index is -0.0263. The van der Waals surface area contributed by atoms with Crippen LogP contribution in [0.5, 0.6) is 0 Å². The molecule has 1 aliphatic rings. The van der Waals surface area contributed by atoms with E-state index in [9.17, 15) is 9.59 Å². The van der Waals surface area contributed by atoms with Gasteiger partial charge in [-0.15, -0.1) is 0 Å². The number of carbonyl (C=O) groups is 2. The molecule has 1 aromatic rings. The molecule has 2 unspecified atom stereocenters. The Morgan fingerprint density at radius 2 is 2.10 bits per heavy atom. The Kier molecular flexibility index (Phi) is 4.82. The maximum absolute atomic E-state index is 12.0. The molecular weight excluding hydrogens is 254 g/mol. The lowest BCUT2D eigenvalue weighted by Crippen LogP contribution is -2.36. The summed E-state index contributed by atoms with van der Waals surface area (Å²) in [5.74, 6) is 1.06. The lowest BCUT2D eigenvalue weighted by atomic mass is 9.81. The van der Waals surface area contributed by atoms with Crippen LogP contribution in [0.3, 0.4) is 0 Å². The Labute approximate surface area is 119 Å². The number of hydrogen-bond acceptors (Lipinski definition) is 4. The summed E-state index contributed by atoms with van der Waals surface area (Å²) in [6, 6.07) is 0. The lowest BCUT2D eigenvalue weighted by Gasteiger charge is -2.24. The molecule has 2 rings (SSSR count). The van der Waals surface area contributed by atoms with Crippen molar-refractivity contribution in [1.82, 2.24) is 15.3 Å². The highest BCUT2D eigenvalue weighted by Gasteiger charge is 2.29. The molecule has 1 N–H and O–H groups in total. The van der Waals surface area contributed by atoms with Gasteiger partial charge in [0, 0.05) is 43.6 Å². The van der Waals surface area contributed by atoms with Crippen molar-refractivity contribution >= 4 is 11.7 Å². The SMILES string of the molecule is Cc1cnc(CCNC(=O)C2CCC(=O)C(C)C2)nc1. The van der Waals surface area contributed by atoms with E-state index in [0.29, 0.717) is 32.2 Å². The van der Waals surface area contributed by atoms with Gasteiger partial charge < -0.3 is 5.32 Å². The van der Waals surface area contributed by atoms with Crippen molar-refractivity contribution in [2.75, 3.05) is 6.54 Å². The van der Waals surface area contributed by atoms with Gasteiger partial charge in [-0.05, 0) is 25.3 Å². The second-order valence-corrected chi connectivity index (χ2v) is 5.56. The van der Waals surface area contributed by atoms with Crippen LogP contribution in [0, 0.1) is 18.8 Å². The van der Waals surface area contributed by atoms with Gasteiger partial charge in [0.2, 0.25) is 5.91 Å². The normalized spacial score (nSPS) is 22.6. The van der Waals surface area contributed by atoms with Gasteiger partial charge in [-0.2, -0.15) is 0 Å². The lowest BCUT2D eigenvalue weighted by molar-refractivity contribution is -0.130. The first-order valence-electron chi connectivity index (χ1n) is 7.14. The second kappa shape index (κ2) is 6.59. The highest BCUT2D eigenvalue weighted by Crippen LogP contribution is 2.26. The van der Waals surface area contributed by atoms with Crippen LogP contribution in [0.4, 0.5) is 0 Å². The molecule has 0 radical (unpaired) electrons. The van der Waals surface area contributed by atoms with E-state index in [1.165, 1.54) is 0 Å². The molecule has 2 atom stereocenters. The average molecular weight is 275 g/mol. The fourth-order valence-corrected chi connectivity index (χ4v) is 2.47. The first kappa shape index (κ1) is 14.6. The van der Waals surface area contributed by atoms with E-state index >= 15 is 0 Å². The van der Waals surface area contributed by atoms with E-state index in [0.717, 1.165) is 11.4 Å². The molecule has 0 bridgehead atoms. The Morgan fingerprint density at radius 3 is 2.75 bits per heavy atom. The predicted octanol–water partition coefficient (Wildman–Crippen LogP) is 1.45. The predicted molar refractivity (Wildman–Crippen MR) is 75.0 cm³/mol. The van der Waals surface area contributed by atoms with E-state index in [-0.39, 0.29) is 23.5 Å².